The van der Waals surface area contributed by atoms with Crippen LogP contribution in [0.2, 0.25) is 0 Å². The molecule has 3 nitrogen and oxygen atoms in total. The van der Waals surface area contributed by atoms with E-state index in [2.05, 4.69) is 6.08 Å². The van der Waals surface area contributed by atoms with E-state index in [0.29, 0.717) is 0 Å². The molecule has 1 aliphatic heterocycles. The standard InChI is InChI=1S/C21H19F2N3S/c22-16-8-4-13(5-9-16)12-15-2-1-3-18-19(15)25-26(21(24)27)20(18)14-6-10-17(23)11-7-14/h4-12,18,20H,1-3H2,(H2,24,27)/b15-12+/t18-,20+/m0/s1. The van der Waals surface area contributed by atoms with Gasteiger partial charge in [0.05, 0.1) is 11.8 Å². The molecule has 4 rings (SSSR count). The zero-order valence-corrected chi connectivity index (χ0v) is 15.4. The average Bonchev–Trinajstić information content (AvgIpc) is 3.05. The Bertz CT molecular complexity index is 919. The normalized spacial score (nSPS) is 23.3. The second-order valence-corrected chi connectivity index (χ2v) is 7.30. The summed E-state index contributed by atoms with van der Waals surface area (Å²) in [6.45, 7) is 0. The van der Waals surface area contributed by atoms with Crippen molar-refractivity contribution in [3.05, 3.63) is 76.9 Å². The lowest BCUT2D eigenvalue weighted by Gasteiger charge is -2.29. The second kappa shape index (κ2) is 7.19. The molecule has 2 aromatic carbocycles. The van der Waals surface area contributed by atoms with Crippen molar-refractivity contribution in [3.8, 4) is 0 Å². The van der Waals surface area contributed by atoms with Gasteiger partial charge in [0.15, 0.2) is 5.11 Å². The van der Waals surface area contributed by atoms with Crippen LogP contribution in [0.5, 0.6) is 0 Å². The average molecular weight is 383 g/mol. The van der Waals surface area contributed by atoms with E-state index in [1.165, 1.54) is 24.3 Å². The number of rotatable bonds is 2. The van der Waals surface area contributed by atoms with E-state index in [1.807, 2.05) is 0 Å². The molecule has 2 atom stereocenters. The molecule has 1 aliphatic carbocycles. The van der Waals surface area contributed by atoms with Crippen LogP contribution in [0.3, 0.4) is 0 Å². The van der Waals surface area contributed by atoms with Gasteiger partial charge in [0.2, 0.25) is 0 Å². The predicted octanol–water partition coefficient (Wildman–Crippen LogP) is 4.80. The number of hydrogen-bond acceptors (Lipinski definition) is 2. The molecule has 0 bridgehead atoms. The second-order valence-electron chi connectivity index (χ2n) is 6.88. The van der Waals surface area contributed by atoms with Gasteiger partial charge in [-0.1, -0.05) is 24.3 Å². The number of halogens is 2. The Morgan fingerprint density at radius 2 is 1.70 bits per heavy atom. The van der Waals surface area contributed by atoms with Crippen LogP contribution in [0.15, 0.2) is 59.2 Å². The predicted molar refractivity (Wildman–Crippen MR) is 107 cm³/mol. The van der Waals surface area contributed by atoms with Crippen LogP contribution in [-0.2, 0) is 0 Å². The highest BCUT2D eigenvalue weighted by atomic mass is 32.1. The molecule has 2 aromatic rings. The summed E-state index contributed by atoms with van der Waals surface area (Å²) < 4.78 is 26.5. The summed E-state index contributed by atoms with van der Waals surface area (Å²) in [5.41, 5.74) is 9.89. The van der Waals surface area contributed by atoms with Gasteiger partial charge in [-0.25, -0.2) is 13.8 Å². The highest BCUT2D eigenvalue weighted by Crippen LogP contribution is 2.44. The van der Waals surface area contributed by atoms with Crippen LogP contribution >= 0.6 is 12.2 Å². The Hall–Kier alpha value is -2.60. The third kappa shape index (κ3) is 3.49. The Kier molecular flexibility index (Phi) is 4.74. The molecule has 2 N–H and O–H groups in total. The summed E-state index contributed by atoms with van der Waals surface area (Å²) >= 11 is 5.22. The Labute approximate surface area is 162 Å². The number of nitrogens with zero attached hydrogens (tertiary/aromatic N) is 2. The fraction of sp³-hybridized carbons (Fsp3) is 0.238. The van der Waals surface area contributed by atoms with Gasteiger partial charge in [-0.3, -0.25) is 0 Å². The van der Waals surface area contributed by atoms with Crippen molar-refractivity contribution >= 4 is 29.1 Å². The smallest absolute Gasteiger partial charge is 0.187 e. The van der Waals surface area contributed by atoms with E-state index >= 15 is 0 Å². The minimum absolute atomic E-state index is 0.130. The number of nitrogens with two attached hydrogens (primary N) is 1. The first-order chi connectivity index (χ1) is 13.0. The van der Waals surface area contributed by atoms with E-state index in [4.69, 9.17) is 23.1 Å². The third-order valence-corrected chi connectivity index (χ3v) is 5.34. The zero-order chi connectivity index (χ0) is 19.0. The molecule has 138 valence electrons. The molecule has 0 saturated heterocycles. The maximum absolute atomic E-state index is 13.4. The number of fused-ring (bicyclic) bond motifs is 1. The van der Waals surface area contributed by atoms with Crippen molar-refractivity contribution in [2.45, 2.75) is 25.3 Å². The fourth-order valence-corrected chi connectivity index (χ4v) is 4.09. The molecule has 0 radical (unpaired) electrons. The lowest BCUT2D eigenvalue weighted by atomic mass is 9.77. The molecule has 0 spiro atoms. The topological polar surface area (TPSA) is 41.6 Å². The highest BCUT2D eigenvalue weighted by molar-refractivity contribution is 7.80. The molecule has 2 aliphatic rings. The number of hydrazone groups is 1. The van der Waals surface area contributed by atoms with Crippen LogP contribution in [0.25, 0.3) is 6.08 Å². The third-order valence-electron chi connectivity index (χ3n) is 5.15. The van der Waals surface area contributed by atoms with Crippen LogP contribution in [-0.4, -0.2) is 15.8 Å². The van der Waals surface area contributed by atoms with E-state index in [9.17, 15) is 8.78 Å². The molecule has 1 fully saturated rings. The van der Waals surface area contributed by atoms with Gasteiger partial charge in [0, 0.05) is 5.92 Å². The highest BCUT2D eigenvalue weighted by Gasteiger charge is 2.42. The van der Waals surface area contributed by atoms with Crippen LogP contribution in [0.1, 0.15) is 36.4 Å². The van der Waals surface area contributed by atoms with E-state index in [-0.39, 0.29) is 28.7 Å². The first-order valence-electron chi connectivity index (χ1n) is 8.92. The lowest BCUT2D eigenvalue weighted by Crippen LogP contribution is -2.34. The molecular formula is C21H19F2N3S. The molecule has 0 amide bonds. The fourth-order valence-electron chi connectivity index (χ4n) is 3.94. The van der Waals surface area contributed by atoms with Gasteiger partial charge in [-0.15, -0.1) is 0 Å². The summed E-state index contributed by atoms with van der Waals surface area (Å²) in [4.78, 5) is 0. The SMILES string of the molecule is NC(=S)N1N=C2/C(=C/c3ccc(F)cc3)CCC[C@@H]2[C@H]1c1ccc(F)cc1. The van der Waals surface area contributed by atoms with Gasteiger partial charge in [-0.2, -0.15) is 5.10 Å². The Morgan fingerprint density at radius 1 is 1.07 bits per heavy atom. The van der Waals surface area contributed by atoms with Crippen molar-refractivity contribution in [1.82, 2.24) is 5.01 Å². The number of benzene rings is 2. The van der Waals surface area contributed by atoms with Gasteiger partial charge >= 0.3 is 0 Å². The molecule has 1 heterocycles. The van der Waals surface area contributed by atoms with Crippen molar-refractivity contribution in [1.29, 1.82) is 0 Å². The van der Waals surface area contributed by atoms with E-state index in [1.54, 1.807) is 29.3 Å². The quantitative estimate of drug-likeness (QED) is 0.757. The monoisotopic (exact) mass is 383 g/mol. The first kappa shape index (κ1) is 17.8. The lowest BCUT2D eigenvalue weighted by molar-refractivity contribution is 0.305. The summed E-state index contributed by atoms with van der Waals surface area (Å²) in [6.07, 6.45) is 4.92. The molecule has 27 heavy (non-hydrogen) atoms. The molecule has 1 saturated carbocycles. The largest absolute Gasteiger partial charge is 0.375 e. The minimum Gasteiger partial charge on any atom is -0.375 e. The van der Waals surface area contributed by atoms with Crippen LogP contribution < -0.4 is 5.73 Å². The van der Waals surface area contributed by atoms with Gasteiger partial charge in [0.25, 0.3) is 0 Å². The summed E-state index contributed by atoms with van der Waals surface area (Å²) in [7, 11) is 0. The minimum atomic E-state index is -0.277. The van der Waals surface area contributed by atoms with Crippen LogP contribution in [0, 0.1) is 17.6 Å². The first-order valence-corrected chi connectivity index (χ1v) is 9.33. The zero-order valence-electron chi connectivity index (χ0n) is 14.6. The summed E-state index contributed by atoms with van der Waals surface area (Å²) in [6, 6.07) is 12.7. The van der Waals surface area contributed by atoms with Crippen molar-refractivity contribution in [2.75, 3.05) is 0 Å². The Balaban J connectivity index is 1.72. The van der Waals surface area contributed by atoms with E-state index < -0.39 is 0 Å². The summed E-state index contributed by atoms with van der Waals surface area (Å²) in [5.74, 6) is -0.398. The molecule has 0 unspecified atom stereocenters. The van der Waals surface area contributed by atoms with Gasteiger partial charge < -0.3 is 5.73 Å². The summed E-state index contributed by atoms with van der Waals surface area (Å²) in [5, 5.41) is 6.61. The van der Waals surface area contributed by atoms with Crippen LogP contribution in [0.4, 0.5) is 8.78 Å². The molecule has 0 aromatic heterocycles. The number of hydrogen-bond donors (Lipinski definition) is 1. The van der Waals surface area contributed by atoms with E-state index in [0.717, 1.165) is 41.7 Å². The number of thiocarbonyl (C=S) groups is 1. The van der Waals surface area contributed by atoms with Gasteiger partial charge in [-0.05, 0) is 78.5 Å². The van der Waals surface area contributed by atoms with Gasteiger partial charge in [0.1, 0.15) is 11.6 Å². The van der Waals surface area contributed by atoms with Crippen molar-refractivity contribution in [3.63, 3.8) is 0 Å². The van der Waals surface area contributed by atoms with Crippen molar-refractivity contribution in [2.24, 2.45) is 16.8 Å². The van der Waals surface area contributed by atoms with Crippen molar-refractivity contribution < 1.29 is 8.78 Å². The maximum atomic E-state index is 13.4. The molecule has 6 heteroatoms. The Morgan fingerprint density at radius 3 is 2.33 bits per heavy atom. The number of allylic oxidation sites excluding steroid dienone is 1. The molecular weight excluding hydrogens is 364 g/mol. The maximum Gasteiger partial charge on any atom is 0.187 e.